The minimum atomic E-state index is -2.73. The highest BCUT2D eigenvalue weighted by atomic mass is 16.3. The fourth-order valence-corrected chi connectivity index (χ4v) is 7.60. The lowest BCUT2D eigenvalue weighted by Crippen LogP contribution is -2.74. The number of hydrogen-bond donors (Lipinski definition) is 3. The highest BCUT2D eigenvalue weighted by Gasteiger charge is 2.69. The summed E-state index contributed by atoms with van der Waals surface area (Å²) in [5, 5.41) is 23.0. The van der Waals surface area contributed by atoms with Crippen molar-refractivity contribution in [2.75, 3.05) is 46.2 Å². The molecule has 0 spiro atoms. The molecule has 11 nitrogen and oxygen atoms in total. The van der Waals surface area contributed by atoms with Crippen LogP contribution in [-0.4, -0.2) is 102 Å². The van der Waals surface area contributed by atoms with Gasteiger partial charge in [-0.2, -0.15) is 0 Å². The van der Waals surface area contributed by atoms with Crippen molar-refractivity contribution in [3.8, 4) is 5.75 Å². The summed E-state index contributed by atoms with van der Waals surface area (Å²) in [5.74, 6) is -10.4. The van der Waals surface area contributed by atoms with E-state index in [9.17, 15) is 34.2 Å². The number of amides is 1. The van der Waals surface area contributed by atoms with Gasteiger partial charge in [0, 0.05) is 38.8 Å². The van der Waals surface area contributed by atoms with Crippen LogP contribution in [0.2, 0.25) is 0 Å². The van der Waals surface area contributed by atoms with E-state index in [4.69, 9.17) is 5.73 Å². The van der Waals surface area contributed by atoms with Crippen molar-refractivity contribution in [1.82, 2.24) is 9.80 Å². The molecule has 4 N–H and O–H groups in total. The number of Topliss-reactive ketones (excluding diaryl/α,β-unsaturated/α-hetero) is 4. The molecule has 3 aliphatic carbocycles. The first-order valence-corrected chi connectivity index (χ1v) is 14.5. The van der Waals surface area contributed by atoms with Crippen LogP contribution in [0.25, 0.3) is 0 Å². The number of benzene rings is 1. The Kier molecular flexibility index (Phi) is 8.20. The quantitative estimate of drug-likeness (QED) is 0.391. The SMILES string of the molecule is CCN(Cc1cc(O)c2c(c1N(C)C)C[C@H]1C[C@H]3[C@H](N(C)C)C(=O)C(C(N)=O)C(=O)[C@@]3(O)C(=O)C1C2=O)CC(C)(C)C. The minimum Gasteiger partial charge on any atom is -0.507 e. The molecule has 0 saturated heterocycles. The van der Waals surface area contributed by atoms with Gasteiger partial charge in [0.1, 0.15) is 5.75 Å². The number of nitrogens with two attached hydrogens (primary N) is 1. The predicted molar refractivity (Wildman–Crippen MR) is 156 cm³/mol. The monoisotopic (exact) mass is 584 g/mol. The van der Waals surface area contributed by atoms with Crippen LogP contribution in [0.1, 0.15) is 55.6 Å². The lowest BCUT2D eigenvalue weighted by molar-refractivity contribution is -0.181. The number of fused-ring (bicyclic) bond motifs is 3. The maximum atomic E-state index is 14.1. The van der Waals surface area contributed by atoms with E-state index in [1.807, 2.05) is 19.0 Å². The molecule has 2 fully saturated rings. The van der Waals surface area contributed by atoms with E-state index in [1.54, 1.807) is 20.2 Å². The summed E-state index contributed by atoms with van der Waals surface area (Å²) in [6, 6.07) is 0.438. The standard InChI is InChI=1S/C31H44N4O7/c1-9-35(14-30(2,3)4)13-16-12-19(36)21-17(23(16)33(5)6)10-15-11-18-24(34(7)8)26(38)22(29(32)41)28(40)31(18,42)27(39)20(15)25(21)37/h12,15,18,20,22,24,36,42H,9-11,13-14H2,1-8H3,(H2,32,41)/t15-,18-,20?,22?,24-,31-/m0/s1. The molecule has 1 amide bonds. The first kappa shape index (κ1) is 31.8. The summed E-state index contributed by atoms with van der Waals surface area (Å²) in [5.41, 5.74) is 4.93. The Bertz CT molecular complexity index is 1350. The summed E-state index contributed by atoms with van der Waals surface area (Å²) in [6.07, 6.45) is 0.249. The van der Waals surface area contributed by atoms with Crippen molar-refractivity contribution in [2.24, 2.45) is 34.8 Å². The summed E-state index contributed by atoms with van der Waals surface area (Å²) >= 11 is 0. The molecule has 6 atom stereocenters. The first-order chi connectivity index (χ1) is 19.4. The zero-order valence-electron chi connectivity index (χ0n) is 25.9. The molecule has 11 heteroatoms. The third-order valence-electron chi connectivity index (χ3n) is 9.10. The molecular formula is C31H44N4O7. The van der Waals surface area contributed by atoms with E-state index >= 15 is 0 Å². The number of aliphatic hydroxyl groups is 1. The summed E-state index contributed by atoms with van der Waals surface area (Å²) < 4.78 is 0. The van der Waals surface area contributed by atoms with Crippen LogP contribution in [-0.2, 0) is 32.1 Å². The third-order valence-corrected chi connectivity index (χ3v) is 9.10. The number of carbonyl (C=O) groups is 5. The van der Waals surface area contributed by atoms with Gasteiger partial charge in [-0.3, -0.25) is 33.8 Å². The van der Waals surface area contributed by atoms with Gasteiger partial charge in [0.25, 0.3) is 0 Å². The average molecular weight is 585 g/mol. The zero-order chi connectivity index (χ0) is 31.6. The Morgan fingerprint density at radius 1 is 1.10 bits per heavy atom. The molecule has 42 heavy (non-hydrogen) atoms. The minimum absolute atomic E-state index is 0.00733. The lowest BCUT2D eigenvalue weighted by atomic mass is 9.52. The van der Waals surface area contributed by atoms with E-state index in [0.717, 1.165) is 24.3 Å². The molecule has 1 aromatic carbocycles. The van der Waals surface area contributed by atoms with Crippen LogP contribution in [0.15, 0.2) is 6.07 Å². The normalized spacial score (nSPS) is 29.5. The number of carbonyl (C=O) groups excluding carboxylic acids is 5. The van der Waals surface area contributed by atoms with Gasteiger partial charge in [0.05, 0.1) is 17.5 Å². The summed E-state index contributed by atoms with van der Waals surface area (Å²) in [6.45, 7) is 10.7. The number of rotatable bonds is 7. The molecule has 2 saturated carbocycles. The molecule has 0 bridgehead atoms. The Balaban J connectivity index is 1.85. The Hall–Kier alpha value is -3.15. The highest BCUT2D eigenvalue weighted by molar-refractivity contribution is 6.32. The predicted octanol–water partition coefficient (Wildman–Crippen LogP) is 0.801. The maximum absolute atomic E-state index is 14.1. The van der Waals surface area contributed by atoms with E-state index < -0.39 is 64.4 Å². The van der Waals surface area contributed by atoms with Crippen molar-refractivity contribution in [3.63, 3.8) is 0 Å². The summed E-state index contributed by atoms with van der Waals surface area (Å²) in [4.78, 5) is 72.6. The molecule has 3 aliphatic rings. The van der Waals surface area contributed by atoms with Gasteiger partial charge in [-0.15, -0.1) is 0 Å². The average Bonchev–Trinajstić information content (AvgIpc) is 2.84. The smallest absolute Gasteiger partial charge is 0.235 e. The van der Waals surface area contributed by atoms with Crippen LogP contribution in [0.4, 0.5) is 5.69 Å². The van der Waals surface area contributed by atoms with Gasteiger partial charge in [0.15, 0.2) is 34.7 Å². The first-order valence-electron chi connectivity index (χ1n) is 14.5. The molecule has 230 valence electrons. The second kappa shape index (κ2) is 10.8. The van der Waals surface area contributed by atoms with Gasteiger partial charge in [0.2, 0.25) is 5.91 Å². The molecular weight excluding hydrogens is 540 g/mol. The number of aromatic hydroxyl groups is 1. The Morgan fingerprint density at radius 2 is 1.71 bits per heavy atom. The number of phenols is 1. The topological polar surface area (TPSA) is 162 Å². The molecule has 4 rings (SSSR count). The van der Waals surface area contributed by atoms with Crippen molar-refractivity contribution < 1.29 is 34.2 Å². The highest BCUT2D eigenvalue weighted by Crippen LogP contribution is 2.52. The number of primary amides is 1. The number of nitrogens with zero attached hydrogens (tertiary/aromatic N) is 3. The maximum Gasteiger partial charge on any atom is 0.235 e. The lowest BCUT2D eigenvalue weighted by Gasteiger charge is -2.52. The molecule has 0 heterocycles. The zero-order valence-corrected chi connectivity index (χ0v) is 25.9. The van der Waals surface area contributed by atoms with Crippen molar-refractivity contribution in [3.05, 3.63) is 22.8 Å². The fourth-order valence-electron chi connectivity index (χ4n) is 7.60. The van der Waals surface area contributed by atoms with Crippen LogP contribution < -0.4 is 10.6 Å². The van der Waals surface area contributed by atoms with Crippen LogP contribution in [0.5, 0.6) is 5.75 Å². The van der Waals surface area contributed by atoms with Crippen molar-refractivity contribution in [2.45, 2.75) is 58.7 Å². The largest absolute Gasteiger partial charge is 0.507 e. The number of phenolic OH excluding ortho intramolecular Hbond substituents is 1. The number of anilines is 1. The number of likely N-dealkylation sites (N-methyl/N-ethyl adjacent to an activating group) is 1. The van der Waals surface area contributed by atoms with Gasteiger partial charge >= 0.3 is 0 Å². The number of hydrogen-bond acceptors (Lipinski definition) is 10. The summed E-state index contributed by atoms with van der Waals surface area (Å²) in [7, 11) is 6.87. The van der Waals surface area contributed by atoms with Gasteiger partial charge < -0.3 is 20.8 Å². The third kappa shape index (κ3) is 4.95. The van der Waals surface area contributed by atoms with E-state index in [-0.39, 0.29) is 29.6 Å². The molecule has 1 aromatic rings. The fraction of sp³-hybridized carbons (Fsp3) is 0.645. The number of ketones is 4. The Labute approximate surface area is 247 Å². The Morgan fingerprint density at radius 3 is 2.21 bits per heavy atom. The second-order valence-corrected chi connectivity index (χ2v) is 13.8. The molecule has 0 aliphatic heterocycles. The van der Waals surface area contributed by atoms with E-state index in [1.165, 1.54) is 4.90 Å². The molecule has 0 aromatic heterocycles. The molecule has 0 radical (unpaired) electrons. The van der Waals surface area contributed by atoms with Crippen molar-refractivity contribution >= 4 is 34.7 Å². The van der Waals surface area contributed by atoms with Gasteiger partial charge in [-0.05, 0) is 62.0 Å². The molecule has 2 unspecified atom stereocenters. The van der Waals surface area contributed by atoms with Crippen LogP contribution in [0.3, 0.4) is 0 Å². The van der Waals surface area contributed by atoms with E-state index in [2.05, 4.69) is 32.6 Å². The van der Waals surface area contributed by atoms with Crippen LogP contribution in [0, 0.1) is 29.1 Å². The van der Waals surface area contributed by atoms with Crippen molar-refractivity contribution in [1.29, 1.82) is 0 Å². The second-order valence-electron chi connectivity index (χ2n) is 13.8. The van der Waals surface area contributed by atoms with Crippen LogP contribution >= 0.6 is 0 Å². The van der Waals surface area contributed by atoms with Gasteiger partial charge in [-0.1, -0.05) is 27.7 Å². The van der Waals surface area contributed by atoms with Gasteiger partial charge in [-0.25, -0.2) is 0 Å². The van der Waals surface area contributed by atoms with E-state index in [0.29, 0.717) is 12.1 Å².